The second-order valence-electron chi connectivity index (χ2n) is 16.9. The topological polar surface area (TPSA) is 352 Å². The second-order valence-corrected chi connectivity index (χ2v) is 17.9. The number of carbonyl (C=O) groups is 8. The van der Waals surface area contributed by atoms with E-state index in [4.69, 9.17) is 17.2 Å². The van der Waals surface area contributed by atoms with Crippen LogP contribution in [0, 0.1) is 5.92 Å². The molecule has 0 aromatic heterocycles. The molecule has 0 aliphatic carbocycles. The Morgan fingerprint density at radius 3 is 1.57 bits per heavy atom. The number of guanidine groups is 1. The Balaban J connectivity index is 1.78. The van der Waals surface area contributed by atoms with Crippen LogP contribution in [-0.4, -0.2) is 131 Å². The number of thioether (sulfide) groups is 1. The van der Waals surface area contributed by atoms with Gasteiger partial charge in [-0.15, -0.1) is 0 Å². The van der Waals surface area contributed by atoms with Gasteiger partial charge in [-0.1, -0.05) is 86.6 Å². The lowest BCUT2D eigenvalue weighted by atomic mass is 10.0. The molecule has 3 rings (SSSR count). The first kappa shape index (κ1) is 57.1. The number of nitrogens with zero attached hydrogens (tertiary/aromatic N) is 1. The number of nitrogens with two attached hydrogens (primary N) is 3. The molecule has 0 saturated carbocycles. The summed E-state index contributed by atoms with van der Waals surface area (Å²) in [6.45, 7) is 2.65. The summed E-state index contributed by atoms with van der Waals surface area (Å²) in [4.78, 5) is 111. The van der Waals surface area contributed by atoms with Gasteiger partial charge in [0.1, 0.15) is 36.0 Å². The Bertz CT molecular complexity index is 2220. The molecule has 0 saturated heterocycles. The molecule has 15 N–H and O–H groups in total. The standard InChI is InChI=1S/C48H67N11O10S/c1-29(2)23-39(47(68)69)59-46(67)38(26-31-13-8-5-9-14-31)58-43(64)35(15-10-21-52-48(50)51)56-44(65)36(20-22-70-3)57-45(66)37(25-30-11-6-4-7-12-30)55-41(62)28-53-40(61)27-54-42(63)34(49)24-32-16-18-33(60)19-17-32/h4-9,11-14,16-19,29,34-39,60H,10,15,20-28,49H2,1-3H3,(H,53,61)(H,54,63)(H,55,62)(H,56,65)(H,57,66)(H,58,64)(H,59,67)(H,68,69)(H4,50,51,52)/t34-,35-,36-,37-,38-,39-/m0/s1. The number of hydrogen-bond donors (Lipinski definition) is 12. The smallest absolute Gasteiger partial charge is 0.326 e. The van der Waals surface area contributed by atoms with E-state index in [1.807, 2.05) is 13.8 Å². The third-order valence-electron chi connectivity index (χ3n) is 10.6. The van der Waals surface area contributed by atoms with Crippen LogP contribution in [0.3, 0.4) is 0 Å². The van der Waals surface area contributed by atoms with Gasteiger partial charge in [0.25, 0.3) is 0 Å². The first-order valence-electron chi connectivity index (χ1n) is 22.8. The van der Waals surface area contributed by atoms with Crippen LogP contribution in [0.4, 0.5) is 0 Å². The average Bonchev–Trinajstić information content (AvgIpc) is 3.32. The van der Waals surface area contributed by atoms with Crippen molar-refractivity contribution in [1.29, 1.82) is 0 Å². The van der Waals surface area contributed by atoms with Crippen LogP contribution in [0.25, 0.3) is 0 Å². The average molecular weight is 990 g/mol. The number of phenolic OH excluding ortho intramolecular Hbond substituents is 1. The highest BCUT2D eigenvalue weighted by molar-refractivity contribution is 7.98. The minimum Gasteiger partial charge on any atom is -0.508 e. The van der Waals surface area contributed by atoms with E-state index in [1.165, 1.54) is 23.9 Å². The number of aliphatic imine (C=N–C) groups is 1. The van der Waals surface area contributed by atoms with Crippen molar-refractivity contribution in [2.24, 2.45) is 28.1 Å². The first-order valence-corrected chi connectivity index (χ1v) is 24.2. The minimum atomic E-state index is -1.30. The Morgan fingerprint density at radius 2 is 1.06 bits per heavy atom. The zero-order chi connectivity index (χ0) is 51.6. The molecule has 6 atom stereocenters. The number of aliphatic carboxylic acids is 1. The van der Waals surface area contributed by atoms with Crippen molar-refractivity contribution in [3.05, 3.63) is 102 Å². The van der Waals surface area contributed by atoms with E-state index in [-0.39, 0.29) is 69.1 Å². The number of benzene rings is 3. The zero-order valence-electron chi connectivity index (χ0n) is 39.7. The molecule has 21 nitrogen and oxygen atoms in total. The first-order chi connectivity index (χ1) is 33.3. The maximum absolute atomic E-state index is 14.2. The quantitative estimate of drug-likeness (QED) is 0.0224. The Kier molecular flexibility index (Phi) is 24.7. The fourth-order valence-electron chi connectivity index (χ4n) is 6.94. The largest absolute Gasteiger partial charge is 0.508 e. The summed E-state index contributed by atoms with van der Waals surface area (Å²) in [5, 5.41) is 37.5. The highest BCUT2D eigenvalue weighted by Crippen LogP contribution is 2.13. The number of carboxylic acids is 1. The van der Waals surface area contributed by atoms with Gasteiger partial charge in [-0.25, -0.2) is 4.79 Å². The molecule has 3 aromatic carbocycles. The Labute approximate surface area is 411 Å². The molecule has 70 heavy (non-hydrogen) atoms. The van der Waals surface area contributed by atoms with Gasteiger partial charge in [0.15, 0.2) is 5.96 Å². The van der Waals surface area contributed by atoms with E-state index in [0.717, 1.165) is 0 Å². The number of hydrogen-bond acceptors (Lipinski definition) is 12. The molecule has 3 aromatic rings. The van der Waals surface area contributed by atoms with Crippen molar-refractivity contribution in [3.8, 4) is 5.75 Å². The molecular formula is C48H67N11O10S. The fourth-order valence-corrected chi connectivity index (χ4v) is 7.41. The summed E-state index contributed by atoms with van der Waals surface area (Å²) in [7, 11) is 0. The zero-order valence-corrected chi connectivity index (χ0v) is 40.5. The highest BCUT2D eigenvalue weighted by atomic mass is 32.2. The van der Waals surface area contributed by atoms with E-state index in [9.17, 15) is 48.6 Å². The van der Waals surface area contributed by atoms with Gasteiger partial charge in [0, 0.05) is 19.4 Å². The van der Waals surface area contributed by atoms with Crippen LogP contribution in [0.1, 0.15) is 56.2 Å². The van der Waals surface area contributed by atoms with Crippen LogP contribution < -0.4 is 54.4 Å². The lowest BCUT2D eigenvalue weighted by Crippen LogP contribution is -2.59. The maximum Gasteiger partial charge on any atom is 0.326 e. The SMILES string of the molecule is CSCC[C@H](NC(=O)[C@H](Cc1ccccc1)NC(=O)CNC(=O)CNC(=O)[C@@H](N)Cc1ccc(O)cc1)C(=O)N[C@@H](CCCN=C(N)N)C(=O)N[C@@H](Cc1ccccc1)C(=O)N[C@@H](CC(C)C)C(=O)O. The third-order valence-corrected chi connectivity index (χ3v) is 11.2. The van der Waals surface area contributed by atoms with Gasteiger partial charge in [-0.3, -0.25) is 38.6 Å². The summed E-state index contributed by atoms with van der Waals surface area (Å²) in [5.41, 5.74) is 19.0. The van der Waals surface area contributed by atoms with Gasteiger partial charge >= 0.3 is 5.97 Å². The van der Waals surface area contributed by atoms with Gasteiger partial charge < -0.3 is 64.6 Å². The van der Waals surface area contributed by atoms with E-state index in [2.05, 4.69) is 42.2 Å². The van der Waals surface area contributed by atoms with Crippen molar-refractivity contribution in [2.45, 2.75) is 95.0 Å². The number of phenols is 1. The Morgan fingerprint density at radius 1 is 0.586 bits per heavy atom. The number of amides is 7. The molecule has 7 amide bonds. The van der Waals surface area contributed by atoms with Crippen LogP contribution in [0.15, 0.2) is 89.9 Å². The summed E-state index contributed by atoms with van der Waals surface area (Å²) in [6, 6.07) is 16.4. The molecule has 0 radical (unpaired) electrons. The normalized spacial score (nSPS) is 13.4. The molecule has 380 valence electrons. The molecule has 22 heteroatoms. The number of nitrogens with one attached hydrogen (secondary N) is 7. The molecule has 0 aliphatic rings. The van der Waals surface area contributed by atoms with Crippen molar-refractivity contribution >= 4 is 65.0 Å². The van der Waals surface area contributed by atoms with Gasteiger partial charge in [0.05, 0.1) is 19.1 Å². The summed E-state index contributed by atoms with van der Waals surface area (Å²) in [6.07, 6.45) is 2.33. The predicted octanol–water partition coefficient (Wildman–Crippen LogP) is -0.659. The molecule has 0 bridgehead atoms. The lowest BCUT2D eigenvalue weighted by molar-refractivity contribution is -0.142. The van der Waals surface area contributed by atoms with E-state index in [0.29, 0.717) is 22.4 Å². The predicted molar refractivity (Wildman–Crippen MR) is 266 cm³/mol. The molecule has 0 heterocycles. The summed E-state index contributed by atoms with van der Waals surface area (Å²) >= 11 is 1.39. The number of carbonyl (C=O) groups excluding carboxylic acids is 7. The molecular weight excluding hydrogens is 923 g/mol. The molecule has 0 unspecified atom stereocenters. The van der Waals surface area contributed by atoms with Crippen LogP contribution in [-0.2, 0) is 57.6 Å². The summed E-state index contributed by atoms with van der Waals surface area (Å²) < 4.78 is 0. The van der Waals surface area contributed by atoms with E-state index in [1.54, 1.807) is 79.1 Å². The van der Waals surface area contributed by atoms with Crippen molar-refractivity contribution in [2.75, 3.05) is 31.6 Å². The minimum absolute atomic E-state index is 0.0139. The third kappa shape index (κ3) is 21.8. The lowest BCUT2D eigenvalue weighted by Gasteiger charge is -2.27. The monoisotopic (exact) mass is 989 g/mol. The number of aromatic hydroxyl groups is 1. The van der Waals surface area contributed by atoms with Crippen LogP contribution in [0.5, 0.6) is 5.75 Å². The molecule has 0 spiro atoms. The Hall–Kier alpha value is -7.20. The second kappa shape index (κ2) is 30.3. The number of rotatable bonds is 30. The fraction of sp³-hybridized carbons (Fsp3) is 0.438. The van der Waals surface area contributed by atoms with Gasteiger partial charge in [-0.05, 0) is 78.9 Å². The van der Waals surface area contributed by atoms with E-state index < -0.39 is 96.7 Å². The van der Waals surface area contributed by atoms with Crippen LogP contribution in [0.2, 0.25) is 0 Å². The van der Waals surface area contributed by atoms with Crippen molar-refractivity contribution in [3.63, 3.8) is 0 Å². The van der Waals surface area contributed by atoms with Gasteiger partial charge in [-0.2, -0.15) is 11.8 Å². The maximum atomic E-state index is 14.2. The number of carboxylic acid groups (broad SMARTS) is 1. The highest BCUT2D eigenvalue weighted by Gasteiger charge is 2.33. The van der Waals surface area contributed by atoms with Gasteiger partial charge in [0.2, 0.25) is 41.4 Å². The van der Waals surface area contributed by atoms with Crippen molar-refractivity contribution in [1.82, 2.24) is 37.2 Å². The van der Waals surface area contributed by atoms with Crippen molar-refractivity contribution < 1.29 is 48.6 Å². The molecule has 0 aliphatic heterocycles. The van der Waals surface area contributed by atoms with E-state index >= 15 is 0 Å². The summed E-state index contributed by atoms with van der Waals surface area (Å²) in [5.74, 6) is -6.16. The molecule has 0 fully saturated rings. The van der Waals surface area contributed by atoms with Crippen LogP contribution >= 0.6 is 11.8 Å².